The lowest BCUT2D eigenvalue weighted by Crippen LogP contribution is -2.44. The van der Waals surface area contributed by atoms with Gasteiger partial charge in [-0.2, -0.15) is 0 Å². The van der Waals surface area contributed by atoms with E-state index in [-0.39, 0.29) is 0 Å². The molecule has 3 aromatic carbocycles. The first-order valence-corrected chi connectivity index (χ1v) is 14.1. The molecule has 2 fully saturated rings. The summed E-state index contributed by atoms with van der Waals surface area (Å²) in [6, 6.07) is 22.9. The average molecular weight is 516 g/mol. The normalized spacial score (nSPS) is 22.2. The number of hydrogen-bond acceptors (Lipinski definition) is 4. The Hall–Kier alpha value is -3.05. The van der Waals surface area contributed by atoms with E-state index in [0.29, 0.717) is 24.4 Å². The molecule has 38 heavy (non-hydrogen) atoms. The molecular weight excluding hydrogens is 474 g/mol. The third kappa shape index (κ3) is 6.15. The molecule has 0 atom stereocenters. The van der Waals surface area contributed by atoms with Gasteiger partial charge in [-0.25, -0.2) is 4.79 Å². The largest absolute Gasteiger partial charge is 0.506 e. The molecule has 1 aliphatic heterocycles. The minimum absolute atomic E-state index is 0.317. The van der Waals surface area contributed by atoms with Crippen molar-refractivity contribution in [3.63, 3.8) is 0 Å². The molecule has 0 spiro atoms. The summed E-state index contributed by atoms with van der Waals surface area (Å²) in [5.74, 6) is 1.76. The van der Waals surface area contributed by atoms with Crippen LogP contribution in [0.2, 0.25) is 0 Å². The second kappa shape index (κ2) is 11.0. The van der Waals surface area contributed by atoms with Gasteiger partial charge in [0.2, 0.25) is 0 Å². The summed E-state index contributed by atoms with van der Waals surface area (Å²) in [5, 5.41) is 11.8. The van der Waals surface area contributed by atoms with Gasteiger partial charge < -0.3 is 14.6 Å². The fraction of sp³-hybridized carbons (Fsp3) is 0.485. The summed E-state index contributed by atoms with van der Waals surface area (Å²) >= 11 is 0. The smallest absolute Gasteiger partial charge is 0.490 e. The lowest BCUT2D eigenvalue weighted by molar-refractivity contribution is -0.0621. The molecule has 1 saturated carbocycles. The maximum absolute atomic E-state index is 11.5. The van der Waals surface area contributed by atoms with E-state index in [9.17, 15) is 9.90 Å². The average Bonchev–Trinajstić information content (AvgIpc) is 2.90. The Balaban J connectivity index is 1.19. The Bertz CT molecular complexity index is 1230. The van der Waals surface area contributed by atoms with Gasteiger partial charge in [-0.3, -0.25) is 4.90 Å². The number of benzene rings is 3. The molecule has 3 aromatic rings. The molecule has 0 amide bonds. The Labute approximate surface area is 226 Å². The van der Waals surface area contributed by atoms with Crippen molar-refractivity contribution in [2.45, 2.75) is 77.5 Å². The van der Waals surface area contributed by atoms with Crippen molar-refractivity contribution >= 4 is 16.9 Å². The fourth-order valence-corrected chi connectivity index (χ4v) is 6.37. The second-order valence-corrected chi connectivity index (χ2v) is 12.3. The van der Waals surface area contributed by atoms with Gasteiger partial charge in [-0.05, 0) is 77.1 Å². The van der Waals surface area contributed by atoms with Crippen molar-refractivity contribution in [2.24, 2.45) is 11.3 Å². The SMILES string of the molecule is CC(C)(C)C1CCC(Oc2ccc3cc(CN4CCC(OC(=O)O)(c5ccccc5)CC4)ccc3c2)CC1. The zero-order chi connectivity index (χ0) is 26.8. The molecule has 2 aliphatic rings. The van der Waals surface area contributed by atoms with E-state index >= 15 is 0 Å². The van der Waals surface area contributed by atoms with Crippen molar-refractivity contribution in [3.05, 3.63) is 77.9 Å². The van der Waals surface area contributed by atoms with Crippen LogP contribution in [-0.4, -0.2) is 35.4 Å². The summed E-state index contributed by atoms with van der Waals surface area (Å²) in [7, 11) is 0. The summed E-state index contributed by atoms with van der Waals surface area (Å²) in [6.45, 7) is 9.46. The number of hydrogen-bond donors (Lipinski definition) is 1. The van der Waals surface area contributed by atoms with Crippen LogP contribution in [0.5, 0.6) is 5.75 Å². The summed E-state index contributed by atoms with van der Waals surface area (Å²) in [4.78, 5) is 13.9. The molecule has 1 saturated heterocycles. The van der Waals surface area contributed by atoms with Gasteiger partial charge in [0, 0.05) is 32.5 Å². The summed E-state index contributed by atoms with van der Waals surface area (Å²) in [6.07, 6.45) is 5.17. The van der Waals surface area contributed by atoms with Gasteiger partial charge in [0.15, 0.2) is 0 Å². The van der Waals surface area contributed by atoms with Crippen LogP contribution in [0.25, 0.3) is 10.8 Å². The number of piperidine rings is 1. The van der Waals surface area contributed by atoms with E-state index < -0.39 is 11.8 Å². The number of carboxylic acid groups (broad SMARTS) is 1. The number of carbonyl (C=O) groups is 1. The molecular formula is C33H41NO4. The van der Waals surface area contributed by atoms with Crippen molar-refractivity contribution < 1.29 is 19.4 Å². The van der Waals surface area contributed by atoms with Gasteiger partial charge in [0.05, 0.1) is 6.10 Å². The third-order valence-corrected chi connectivity index (χ3v) is 8.73. The number of nitrogens with zero attached hydrogens (tertiary/aromatic N) is 1. The number of likely N-dealkylation sites (tertiary alicyclic amines) is 1. The molecule has 5 rings (SSSR count). The maximum Gasteiger partial charge on any atom is 0.506 e. The molecule has 0 aromatic heterocycles. The Morgan fingerprint density at radius 3 is 2.24 bits per heavy atom. The highest BCUT2D eigenvalue weighted by atomic mass is 16.7. The van der Waals surface area contributed by atoms with E-state index in [2.05, 4.69) is 62.1 Å². The van der Waals surface area contributed by atoms with Crippen LogP contribution in [0, 0.1) is 11.3 Å². The van der Waals surface area contributed by atoms with E-state index in [1.165, 1.54) is 29.2 Å². The van der Waals surface area contributed by atoms with Crippen LogP contribution in [0.3, 0.4) is 0 Å². The van der Waals surface area contributed by atoms with Crippen LogP contribution >= 0.6 is 0 Å². The zero-order valence-electron chi connectivity index (χ0n) is 23.0. The predicted molar refractivity (Wildman–Crippen MR) is 152 cm³/mol. The van der Waals surface area contributed by atoms with Gasteiger partial charge in [0.1, 0.15) is 11.4 Å². The predicted octanol–water partition coefficient (Wildman–Crippen LogP) is 8.01. The van der Waals surface area contributed by atoms with Crippen LogP contribution in [-0.2, 0) is 16.9 Å². The molecule has 5 heteroatoms. The third-order valence-electron chi connectivity index (χ3n) is 8.73. The Kier molecular flexibility index (Phi) is 7.67. The van der Waals surface area contributed by atoms with Gasteiger partial charge in [-0.1, -0.05) is 69.3 Å². The van der Waals surface area contributed by atoms with E-state index in [0.717, 1.165) is 49.7 Å². The van der Waals surface area contributed by atoms with Gasteiger partial charge in [0.25, 0.3) is 0 Å². The monoisotopic (exact) mass is 515 g/mol. The molecule has 5 nitrogen and oxygen atoms in total. The first-order chi connectivity index (χ1) is 18.2. The highest BCUT2D eigenvalue weighted by molar-refractivity contribution is 5.84. The summed E-state index contributed by atoms with van der Waals surface area (Å²) < 4.78 is 11.9. The van der Waals surface area contributed by atoms with Crippen LogP contribution in [0.1, 0.15) is 70.4 Å². The molecule has 1 heterocycles. The van der Waals surface area contributed by atoms with E-state index in [4.69, 9.17) is 9.47 Å². The van der Waals surface area contributed by atoms with Crippen molar-refractivity contribution in [3.8, 4) is 5.75 Å². The molecule has 1 N–H and O–H groups in total. The first kappa shape index (κ1) is 26.6. The summed E-state index contributed by atoms with van der Waals surface area (Å²) in [5.41, 5.74) is 1.82. The highest BCUT2D eigenvalue weighted by Gasteiger charge is 2.40. The number of ether oxygens (including phenoxy) is 2. The lowest BCUT2D eigenvalue weighted by atomic mass is 9.72. The van der Waals surface area contributed by atoms with Crippen molar-refractivity contribution in [2.75, 3.05) is 13.1 Å². The number of rotatable bonds is 6. The molecule has 202 valence electrons. The molecule has 0 bridgehead atoms. The number of fused-ring (bicyclic) bond motifs is 1. The van der Waals surface area contributed by atoms with Crippen molar-refractivity contribution in [1.29, 1.82) is 0 Å². The Morgan fingerprint density at radius 2 is 1.58 bits per heavy atom. The standard InChI is InChI=1S/C33H41NO4/c1-32(2,3)27-12-15-29(16-13-27)37-30-14-11-25-21-24(9-10-26(25)22-30)23-34-19-17-33(18-20-34,38-31(35)36)28-7-5-4-6-8-28/h4-11,14,21-22,27,29H,12-13,15-20,23H2,1-3H3,(H,35,36). The maximum atomic E-state index is 11.5. The minimum atomic E-state index is -1.21. The van der Waals surface area contributed by atoms with Crippen LogP contribution in [0.4, 0.5) is 4.79 Å². The fourth-order valence-electron chi connectivity index (χ4n) is 6.37. The quantitative estimate of drug-likeness (QED) is 0.337. The van der Waals surface area contributed by atoms with Gasteiger partial charge >= 0.3 is 6.16 Å². The molecule has 1 aliphatic carbocycles. The van der Waals surface area contributed by atoms with Gasteiger partial charge in [-0.15, -0.1) is 0 Å². The topological polar surface area (TPSA) is 59.0 Å². The van der Waals surface area contributed by atoms with Crippen molar-refractivity contribution in [1.82, 2.24) is 4.90 Å². The molecule has 0 radical (unpaired) electrons. The minimum Gasteiger partial charge on any atom is -0.490 e. The first-order valence-electron chi connectivity index (χ1n) is 14.1. The van der Waals surface area contributed by atoms with Crippen LogP contribution in [0.15, 0.2) is 66.7 Å². The lowest BCUT2D eigenvalue weighted by Gasteiger charge is -2.40. The Morgan fingerprint density at radius 1 is 0.921 bits per heavy atom. The van der Waals surface area contributed by atoms with E-state index in [1.54, 1.807) is 0 Å². The highest BCUT2D eigenvalue weighted by Crippen LogP contribution is 2.39. The van der Waals surface area contributed by atoms with E-state index in [1.807, 2.05) is 30.3 Å². The molecule has 0 unspecified atom stereocenters. The second-order valence-electron chi connectivity index (χ2n) is 12.3. The van der Waals surface area contributed by atoms with Crippen LogP contribution < -0.4 is 4.74 Å². The zero-order valence-corrected chi connectivity index (χ0v) is 23.0.